The Hall–Kier alpha value is -0.870. The molecule has 1 aromatic rings. The summed E-state index contributed by atoms with van der Waals surface area (Å²) in [7, 11) is 0. The van der Waals surface area contributed by atoms with Crippen LogP contribution in [-0.2, 0) is 4.79 Å². The Balaban J connectivity index is 2.65. The van der Waals surface area contributed by atoms with Crippen LogP contribution in [0.4, 0.5) is 5.69 Å². The van der Waals surface area contributed by atoms with Crippen molar-refractivity contribution in [2.45, 2.75) is 44.7 Å². The molecule has 0 aliphatic heterocycles. The zero-order valence-corrected chi connectivity index (χ0v) is 13.4. The van der Waals surface area contributed by atoms with E-state index in [2.05, 4.69) is 0 Å². The van der Waals surface area contributed by atoms with Crippen LogP contribution in [0, 0.1) is 0 Å². The Labute approximate surface area is 124 Å². The number of rotatable bonds is 5. The molecule has 0 heterocycles. The molecule has 1 amide bonds. The fraction of sp³-hybridized carbons (Fsp3) is 0.500. The molecule has 0 atom stereocenters. The largest absolute Gasteiger partial charge is 0.398 e. The van der Waals surface area contributed by atoms with Gasteiger partial charge in [-0.15, -0.1) is 11.8 Å². The topological polar surface area (TPSA) is 46.3 Å². The predicted molar refractivity (Wildman–Crippen MR) is 83.7 cm³/mol. The summed E-state index contributed by atoms with van der Waals surface area (Å²) >= 11 is 7.44. The molecule has 0 aliphatic rings. The molecule has 0 unspecified atom stereocenters. The van der Waals surface area contributed by atoms with Gasteiger partial charge < -0.3 is 10.6 Å². The second kappa shape index (κ2) is 7.06. The number of hydrogen-bond donors (Lipinski definition) is 1. The molecule has 0 saturated heterocycles. The molecule has 1 aromatic carbocycles. The lowest BCUT2D eigenvalue weighted by atomic mass is 10.2. The van der Waals surface area contributed by atoms with E-state index >= 15 is 0 Å². The standard InChI is InChI=1S/C14H21ClN2OS/c1-9(2)17(10(3)4)14(18)8-19-11-5-6-13(16)12(15)7-11/h5-7,9-10H,8,16H2,1-4H3. The van der Waals surface area contributed by atoms with Gasteiger partial charge in [0.25, 0.3) is 0 Å². The quantitative estimate of drug-likeness (QED) is 0.667. The third-order valence-electron chi connectivity index (χ3n) is 2.73. The Morgan fingerprint density at radius 2 is 1.89 bits per heavy atom. The predicted octanol–water partition coefficient (Wildman–Crippen LogP) is 3.66. The van der Waals surface area contributed by atoms with Crippen molar-refractivity contribution in [3.05, 3.63) is 23.2 Å². The van der Waals surface area contributed by atoms with Gasteiger partial charge in [0.2, 0.25) is 5.91 Å². The molecule has 5 heteroatoms. The van der Waals surface area contributed by atoms with Crippen LogP contribution in [0.2, 0.25) is 5.02 Å². The second-order valence-corrected chi connectivity index (χ2v) is 6.42. The van der Waals surface area contributed by atoms with Gasteiger partial charge in [-0.1, -0.05) is 11.6 Å². The van der Waals surface area contributed by atoms with E-state index in [0.29, 0.717) is 16.5 Å². The number of carbonyl (C=O) groups excluding carboxylic acids is 1. The minimum Gasteiger partial charge on any atom is -0.398 e. The highest BCUT2D eigenvalue weighted by atomic mass is 35.5. The number of carbonyl (C=O) groups is 1. The van der Waals surface area contributed by atoms with Crippen LogP contribution in [0.3, 0.4) is 0 Å². The monoisotopic (exact) mass is 300 g/mol. The van der Waals surface area contributed by atoms with Crippen molar-refractivity contribution in [3.63, 3.8) is 0 Å². The first kappa shape index (κ1) is 16.2. The Kier molecular flexibility index (Phi) is 6.01. The molecular weight excluding hydrogens is 280 g/mol. The molecule has 0 radical (unpaired) electrons. The van der Waals surface area contributed by atoms with E-state index in [1.165, 1.54) is 11.8 Å². The number of hydrogen-bond acceptors (Lipinski definition) is 3. The first-order valence-electron chi connectivity index (χ1n) is 6.32. The highest BCUT2D eigenvalue weighted by molar-refractivity contribution is 8.00. The van der Waals surface area contributed by atoms with Crippen LogP contribution >= 0.6 is 23.4 Å². The van der Waals surface area contributed by atoms with Gasteiger partial charge in [-0.05, 0) is 45.9 Å². The average molecular weight is 301 g/mol. The SMILES string of the molecule is CC(C)N(C(=O)CSc1ccc(N)c(Cl)c1)C(C)C. The van der Waals surface area contributed by atoms with Crippen molar-refractivity contribution < 1.29 is 4.79 Å². The lowest BCUT2D eigenvalue weighted by Gasteiger charge is -2.30. The first-order valence-corrected chi connectivity index (χ1v) is 7.68. The normalized spacial score (nSPS) is 11.1. The van der Waals surface area contributed by atoms with E-state index in [1.54, 1.807) is 12.1 Å². The molecule has 0 spiro atoms. The Bertz CT molecular complexity index is 441. The fourth-order valence-electron chi connectivity index (χ4n) is 1.99. The third-order valence-corrected chi connectivity index (χ3v) is 4.04. The molecule has 106 valence electrons. The summed E-state index contributed by atoms with van der Waals surface area (Å²) in [5.41, 5.74) is 6.21. The molecular formula is C14H21ClN2OS. The number of benzene rings is 1. The minimum atomic E-state index is 0.142. The van der Waals surface area contributed by atoms with Gasteiger partial charge in [0, 0.05) is 17.0 Å². The van der Waals surface area contributed by atoms with Crippen molar-refractivity contribution in [2.75, 3.05) is 11.5 Å². The smallest absolute Gasteiger partial charge is 0.233 e. The molecule has 3 nitrogen and oxygen atoms in total. The van der Waals surface area contributed by atoms with Gasteiger partial charge in [0.15, 0.2) is 0 Å². The molecule has 0 aliphatic carbocycles. The molecule has 0 fully saturated rings. The van der Waals surface area contributed by atoms with Crippen LogP contribution in [0.1, 0.15) is 27.7 Å². The van der Waals surface area contributed by atoms with Crippen molar-refractivity contribution in [3.8, 4) is 0 Å². The third kappa shape index (κ3) is 4.62. The lowest BCUT2D eigenvalue weighted by molar-refractivity contribution is -0.131. The number of nitrogen functional groups attached to an aromatic ring is 1. The number of halogens is 1. The first-order chi connectivity index (χ1) is 8.82. The number of thioether (sulfide) groups is 1. The maximum atomic E-state index is 12.2. The second-order valence-electron chi connectivity index (χ2n) is 4.96. The van der Waals surface area contributed by atoms with E-state index in [1.807, 2.05) is 38.7 Å². The van der Waals surface area contributed by atoms with Gasteiger partial charge in [-0.3, -0.25) is 4.79 Å². The van der Waals surface area contributed by atoms with Crippen molar-refractivity contribution in [1.29, 1.82) is 0 Å². The number of anilines is 1. The van der Waals surface area contributed by atoms with Gasteiger partial charge in [0.05, 0.1) is 16.5 Å². The summed E-state index contributed by atoms with van der Waals surface area (Å²) in [5.74, 6) is 0.555. The Morgan fingerprint density at radius 3 is 2.37 bits per heavy atom. The summed E-state index contributed by atoms with van der Waals surface area (Å²) < 4.78 is 0. The lowest BCUT2D eigenvalue weighted by Crippen LogP contribution is -2.43. The maximum absolute atomic E-state index is 12.2. The van der Waals surface area contributed by atoms with E-state index in [-0.39, 0.29) is 18.0 Å². The summed E-state index contributed by atoms with van der Waals surface area (Å²) in [6, 6.07) is 5.86. The molecule has 19 heavy (non-hydrogen) atoms. The zero-order valence-electron chi connectivity index (χ0n) is 11.8. The van der Waals surface area contributed by atoms with E-state index in [0.717, 1.165) is 4.90 Å². The summed E-state index contributed by atoms with van der Waals surface area (Å²) in [6.07, 6.45) is 0. The number of nitrogens with zero attached hydrogens (tertiary/aromatic N) is 1. The number of nitrogens with two attached hydrogens (primary N) is 1. The summed E-state index contributed by atoms with van der Waals surface area (Å²) in [6.45, 7) is 8.12. The minimum absolute atomic E-state index is 0.142. The Morgan fingerprint density at radius 1 is 1.32 bits per heavy atom. The van der Waals surface area contributed by atoms with Crippen molar-refractivity contribution in [2.24, 2.45) is 0 Å². The molecule has 0 bridgehead atoms. The van der Waals surface area contributed by atoms with E-state index in [9.17, 15) is 4.79 Å². The van der Waals surface area contributed by atoms with Gasteiger partial charge in [-0.2, -0.15) is 0 Å². The van der Waals surface area contributed by atoms with Crippen LogP contribution in [0.15, 0.2) is 23.1 Å². The maximum Gasteiger partial charge on any atom is 0.233 e. The van der Waals surface area contributed by atoms with Crippen molar-refractivity contribution >= 4 is 35.0 Å². The summed E-state index contributed by atoms with van der Waals surface area (Å²) in [4.78, 5) is 15.1. The van der Waals surface area contributed by atoms with E-state index in [4.69, 9.17) is 17.3 Å². The van der Waals surface area contributed by atoms with Crippen LogP contribution in [0.25, 0.3) is 0 Å². The van der Waals surface area contributed by atoms with Gasteiger partial charge in [-0.25, -0.2) is 0 Å². The van der Waals surface area contributed by atoms with Crippen LogP contribution in [-0.4, -0.2) is 28.6 Å². The van der Waals surface area contributed by atoms with Crippen LogP contribution in [0.5, 0.6) is 0 Å². The van der Waals surface area contributed by atoms with Crippen LogP contribution < -0.4 is 5.73 Å². The fourth-order valence-corrected chi connectivity index (χ4v) is 3.04. The van der Waals surface area contributed by atoms with E-state index < -0.39 is 0 Å². The van der Waals surface area contributed by atoms with Gasteiger partial charge >= 0.3 is 0 Å². The average Bonchev–Trinajstić information content (AvgIpc) is 2.29. The molecule has 0 saturated carbocycles. The number of amides is 1. The molecule has 1 rings (SSSR count). The highest BCUT2D eigenvalue weighted by Crippen LogP contribution is 2.26. The van der Waals surface area contributed by atoms with Crippen molar-refractivity contribution in [1.82, 2.24) is 4.90 Å². The van der Waals surface area contributed by atoms with Gasteiger partial charge in [0.1, 0.15) is 0 Å². The highest BCUT2D eigenvalue weighted by Gasteiger charge is 2.19. The summed E-state index contributed by atoms with van der Waals surface area (Å²) in [5, 5.41) is 0.530. The molecule has 2 N–H and O–H groups in total. The molecule has 0 aromatic heterocycles. The zero-order chi connectivity index (χ0) is 14.6.